The molecule has 2 heterocycles. The Balaban J connectivity index is 1.82. The minimum atomic E-state index is -0.238. The summed E-state index contributed by atoms with van der Waals surface area (Å²) >= 11 is 0. The van der Waals surface area contributed by atoms with Crippen LogP contribution in [0.4, 0.5) is 0 Å². The second kappa shape index (κ2) is 8.19. The predicted octanol–water partition coefficient (Wildman–Crippen LogP) is 3.30. The number of aliphatic imine (C=N–C) groups is 1. The molecule has 0 saturated heterocycles. The summed E-state index contributed by atoms with van der Waals surface area (Å²) in [6, 6.07) is 4.13. The molecular formula is C22H25N3O4. The van der Waals surface area contributed by atoms with Crippen molar-refractivity contribution in [2.24, 2.45) is 4.99 Å². The van der Waals surface area contributed by atoms with Gasteiger partial charge in [-0.05, 0) is 43.9 Å². The van der Waals surface area contributed by atoms with Gasteiger partial charge in [0.05, 0.1) is 31.7 Å². The Morgan fingerprint density at radius 2 is 2.07 bits per heavy atom. The number of carbonyl (C=O) groups is 1. The Morgan fingerprint density at radius 3 is 2.76 bits per heavy atom. The zero-order valence-electron chi connectivity index (χ0n) is 16.9. The summed E-state index contributed by atoms with van der Waals surface area (Å²) in [4.78, 5) is 25.2. The number of methoxy groups -OCH3 is 1. The van der Waals surface area contributed by atoms with Gasteiger partial charge in [0.1, 0.15) is 11.8 Å². The van der Waals surface area contributed by atoms with Gasteiger partial charge >= 0.3 is 5.97 Å². The first kappa shape index (κ1) is 19.4. The molecule has 1 aromatic carbocycles. The van der Waals surface area contributed by atoms with Gasteiger partial charge in [-0.1, -0.05) is 0 Å². The van der Waals surface area contributed by atoms with Crippen molar-refractivity contribution in [1.29, 1.82) is 0 Å². The lowest BCUT2D eigenvalue weighted by Gasteiger charge is -2.38. The van der Waals surface area contributed by atoms with E-state index in [2.05, 4.69) is 16.0 Å². The zero-order chi connectivity index (χ0) is 20.4. The summed E-state index contributed by atoms with van der Waals surface area (Å²) < 4.78 is 16.9. The Labute approximate surface area is 170 Å². The second-order valence-electron chi connectivity index (χ2n) is 7.31. The van der Waals surface area contributed by atoms with Crippen molar-refractivity contribution in [3.05, 3.63) is 47.5 Å². The lowest BCUT2D eigenvalue weighted by Crippen LogP contribution is -2.36. The minimum Gasteiger partial charge on any atom is -0.493 e. The van der Waals surface area contributed by atoms with Crippen molar-refractivity contribution in [2.45, 2.75) is 51.2 Å². The Bertz CT molecular complexity index is 929. The van der Waals surface area contributed by atoms with E-state index in [9.17, 15) is 4.79 Å². The number of esters is 1. The van der Waals surface area contributed by atoms with E-state index in [1.807, 2.05) is 13.0 Å². The van der Waals surface area contributed by atoms with Gasteiger partial charge in [-0.15, -0.1) is 0 Å². The predicted molar refractivity (Wildman–Crippen MR) is 108 cm³/mol. The molecule has 152 valence electrons. The highest BCUT2D eigenvalue weighted by Gasteiger charge is 2.39. The quantitative estimate of drug-likeness (QED) is 0.723. The molecule has 4 rings (SSSR count). The minimum absolute atomic E-state index is 0.0903. The molecule has 0 bridgehead atoms. The first-order valence-electron chi connectivity index (χ1n) is 9.97. The number of ether oxygens (including phenoxy) is 3. The summed E-state index contributed by atoms with van der Waals surface area (Å²) in [5, 5.41) is 0. The molecule has 0 spiro atoms. The maximum Gasteiger partial charge on any atom is 0.302 e. The van der Waals surface area contributed by atoms with E-state index >= 15 is 0 Å². The third-order valence-electron chi connectivity index (χ3n) is 5.49. The van der Waals surface area contributed by atoms with Crippen LogP contribution in [-0.4, -0.2) is 47.5 Å². The smallest absolute Gasteiger partial charge is 0.302 e. The molecule has 1 fully saturated rings. The molecule has 7 heteroatoms. The van der Waals surface area contributed by atoms with Crippen molar-refractivity contribution < 1.29 is 19.0 Å². The van der Waals surface area contributed by atoms with Gasteiger partial charge in [0.2, 0.25) is 0 Å². The molecule has 7 nitrogen and oxygen atoms in total. The second-order valence-corrected chi connectivity index (χ2v) is 7.31. The molecule has 2 aromatic rings. The lowest BCUT2D eigenvalue weighted by atomic mass is 9.74. The molecule has 0 amide bonds. The van der Waals surface area contributed by atoms with Gasteiger partial charge in [0, 0.05) is 30.8 Å². The first-order valence-corrected chi connectivity index (χ1v) is 9.97. The number of fused-ring (bicyclic) bond motifs is 3. The average Bonchev–Trinajstić information content (AvgIpc) is 2.73. The first-order chi connectivity index (χ1) is 14.1. The largest absolute Gasteiger partial charge is 0.493 e. The van der Waals surface area contributed by atoms with Crippen LogP contribution in [0, 0.1) is 0 Å². The van der Waals surface area contributed by atoms with Gasteiger partial charge in [0.15, 0.2) is 11.5 Å². The number of rotatable bonds is 5. The molecule has 3 atom stereocenters. The van der Waals surface area contributed by atoms with Crippen LogP contribution in [0.3, 0.4) is 0 Å². The van der Waals surface area contributed by atoms with E-state index in [1.165, 1.54) is 6.92 Å². The van der Waals surface area contributed by atoms with Crippen LogP contribution in [-0.2, 0) is 9.53 Å². The van der Waals surface area contributed by atoms with E-state index < -0.39 is 0 Å². The van der Waals surface area contributed by atoms with Crippen molar-refractivity contribution in [1.82, 2.24) is 9.97 Å². The molecule has 1 aliphatic heterocycles. The normalized spacial score (nSPS) is 22.7. The number of carbonyl (C=O) groups excluding carboxylic acids is 1. The summed E-state index contributed by atoms with van der Waals surface area (Å²) in [6.07, 6.45) is 7.37. The van der Waals surface area contributed by atoms with E-state index in [1.54, 1.807) is 25.7 Å². The maximum absolute atomic E-state index is 11.5. The van der Waals surface area contributed by atoms with Gasteiger partial charge in [-0.3, -0.25) is 19.8 Å². The molecule has 2 aliphatic rings. The van der Waals surface area contributed by atoms with Gasteiger partial charge in [-0.25, -0.2) is 0 Å². The third kappa shape index (κ3) is 3.81. The molecule has 1 saturated carbocycles. The highest BCUT2D eigenvalue weighted by molar-refractivity contribution is 6.13. The topological polar surface area (TPSA) is 82.9 Å². The highest BCUT2D eigenvalue weighted by atomic mass is 16.5. The Morgan fingerprint density at radius 1 is 1.21 bits per heavy atom. The molecule has 1 aliphatic carbocycles. The van der Waals surface area contributed by atoms with Crippen LogP contribution in [0.25, 0.3) is 0 Å². The fraction of sp³-hybridized carbons (Fsp3) is 0.455. The number of aromatic nitrogens is 2. The number of benzene rings is 1. The number of hydrogen-bond donors (Lipinski definition) is 0. The number of nitrogens with zero attached hydrogens (tertiary/aromatic N) is 3. The lowest BCUT2D eigenvalue weighted by molar-refractivity contribution is -0.148. The molecular weight excluding hydrogens is 370 g/mol. The van der Waals surface area contributed by atoms with Crippen molar-refractivity contribution in [2.75, 3.05) is 13.7 Å². The average molecular weight is 395 g/mol. The zero-order valence-corrected chi connectivity index (χ0v) is 16.9. The van der Waals surface area contributed by atoms with Crippen LogP contribution in [0.5, 0.6) is 11.5 Å². The third-order valence-corrected chi connectivity index (χ3v) is 5.49. The molecule has 3 unspecified atom stereocenters. The maximum atomic E-state index is 11.5. The van der Waals surface area contributed by atoms with Gasteiger partial charge < -0.3 is 14.2 Å². The standard InChI is InChI=1S/C22H25N3O4/c1-4-28-21-10-15-16-9-14(29-13(2)26)5-6-18(16)25-22(17(15)11-20(21)27-3)19-12-23-7-8-24-19/h7-8,10-12,14,16,18H,4-6,9H2,1-3H3. The van der Waals surface area contributed by atoms with Crippen molar-refractivity contribution in [3.63, 3.8) is 0 Å². The molecule has 0 radical (unpaired) electrons. The summed E-state index contributed by atoms with van der Waals surface area (Å²) in [7, 11) is 1.63. The van der Waals surface area contributed by atoms with E-state index in [4.69, 9.17) is 19.2 Å². The van der Waals surface area contributed by atoms with Crippen molar-refractivity contribution in [3.8, 4) is 11.5 Å². The summed E-state index contributed by atoms with van der Waals surface area (Å²) in [5.74, 6) is 1.28. The monoisotopic (exact) mass is 395 g/mol. The van der Waals surface area contributed by atoms with E-state index in [-0.39, 0.29) is 24.0 Å². The SMILES string of the molecule is CCOc1cc2c(cc1OC)C(c1cnccn1)=NC1CCC(OC(C)=O)CC21. The summed E-state index contributed by atoms with van der Waals surface area (Å²) in [6.45, 7) is 3.96. The number of hydrogen-bond acceptors (Lipinski definition) is 7. The molecule has 29 heavy (non-hydrogen) atoms. The Kier molecular flexibility index (Phi) is 5.47. The van der Waals surface area contributed by atoms with Gasteiger partial charge in [0.25, 0.3) is 0 Å². The Hall–Kier alpha value is -2.96. The molecule has 1 aromatic heterocycles. The van der Waals surface area contributed by atoms with Crippen LogP contribution in [0.15, 0.2) is 35.7 Å². The van der Waals surface area contributed by atoms with Crippen LogP contribution in [0.2, 0.25) is 0 Å². The highest BCUT2D eigenvalue weighted by Crippen LogP contribution is 2.45. The van der Waals surface area contributed by atoms with E-state index in [0.717, 1.165) is 41.8 Å². The summed E-state index contributed by atoms with van der Waals surface area (Å²) in [5.41, 5.74) is 3.66. The van der Waals surface area contributed by atoms with Crippen LogP contribution < -0.4 is 9.47 Å². The molecule has 0 N–H and O–H groups in total. The van der Waals surface area contributed by atoms with E-state index in [0.29, 0.717) is 18.1 Å². The fourth-order valence-electron chi connectivity index (χ4n) is 4.32. The van der Waals surface area contributed by atoms with Crippen molar-refractivity contribution >= 4 is 11.7 Å². The van der Waals surface area contributed by atoms with Crippen LogP contribution in [0.1, 0.15) is 55.8 Å². The fourth-order valence-corrected chi connectivity index (χ4v) is 4.32. The van der Waals surface area contributed by atoms with Crippen LogP contribution >= 0.6 is 0 Å². The van der Waals surface area contributed by atoms with Gasteiger partial charge in [-0.2, -0.15) is 0 Å².